The molecular formula is C21H22IN5O4S. The van der Waals surface area contributed by atoms with Crippen LogP contribution in [0.5, 0.6) is 11.5 Å². The number of halogens is 1. The van der Waals surface area contributed by atoms with Crippen LogP contribution in [0.1, 0.15) is 32.6 Å². The lowest BCUT2D eigenvalue weighted by molar-refractivity contribution is -0.153. The second-order valence-corrected chi connectivity index (χ2v) is 10.1. The molecular weight excluding hydrogens is 545 g/mol. The number of nitrogen functional groups attached to an aromatic ring is 1. The van der Waals surface area contributed by atoms with Crippen molar-refractivity contribution in [1.82, 2.24) is 19.5 Å². The zero-order chi connectivity index (χ0) is 22.2. The first-order valence-electron chi connectivity index (χ1n) is 10.4. The molecule has 1 saturated carbocycles. The van der Waals surface area contributed by atoms with Gasteiger partial charge in [0.1, 0.15) is 12.4 Å². The van der Waals surface area contributed by atoms with Gasteiger partial charge < -0.3 is 24.5 Å². The molecule has 2 N–H and O–H groups in total. The van der Waals surface area contributed by atoms with Crippen LogP contribution < -0.4 is 15.2 Å². The van der Waals surface area contributed by atoms with Crippen molar-refractivity contribution in [2.24, 2.45) is 5.92 Å². The highest BCUT2D eigenvalue weighted by Crippen LogP contribution is 2.41. The Morgan fingerprint density at radius 2 is 2.06 bits per heavy atom. The summed E-state index contributed by atoms with van der Waals surface area (Å²) in [4.78, 5) is 26.9. The van der Waals surface area contributed by atoms with Crippen molar-refractivity contribution in [1.29, 1.82) is 0 Å². The molecule has 32 heavy (non-hydrogen) atoms. The molecule has 3 aromatic rings. The highest BCUT2D eigenvalue weighted by Gasteiger charge is 2.26. The molecule has 1 unspecified atom stereocenters. The number of fused-ring (bicyclic) bond motifs is 2. The normalized spacial score (nSPS) is 16.6. The fourth-order valence-electron chi connectivity index (χ4n) is 3.89. The zero-order valence-electron chi connectivity index (χ0n) is 17.4. The van der Waals surface area contributed by atoms with Crippen molar-refractivity contribution in [2.45, 2.75) is 55.3 Å². The Hall–Kier alpha value is -2.28. The Morgan fingerprint density at radius 1 is 1.31 bits per heavy atom. The van der Waals surface area contributed by atoms with E-state index in [1.54, 1.807) is 0 Å². The van der Waals surface area contributed by atoms with E-state index < -0.39 is 0 Å². The highest BCUT2D eigenvalue weighted by atomic mass is 127. The fraction of sp³-hybridized carbons (Fsp3) is 0.429. The molecule has 9 nitrogen and oxygen atoms in total. The van der Waals surface area contributed by atoms with Crippen LogP contribution in [0.2, 0.25) is 0 Å². The summed E-state index contributed by atoms with van der Waals surface area (Å²) >= 11 is 3.72. The largest absolute Gasteiger partial charge is 0.462 e. The standard InChI is InChI=1S/C21H22IN5O4S/c1-11(20(28)31-12-4-2-3-5-12)8-27-19-17(18(23)24-9-25-19)26-21(27)32-16-7-15-14(6-13(16)22)29-10-30-15/h6-7,9,11-12H,2-5,8,10H2,1H3,(H2,23,24,25). The van der Waals surface area contributed by atoms with Crippen LogP contribution in [0.4, 0.5) is 5.82 Å². The van der Waals surface area contributed by atoms with Gasteiger partial charge in [0.2, 0.25) is 6.79 Å². The topological polar surface area (TPSA) is 114 Å². The smallest absolute Gasteiger partial charge is 0.310 e. The van der Waals surface area contributed by atoms with Gasteiger partial charge in [0.15, 0.2) is 33.6 Å². The highest BCUT2D eigenvalue weighted by molar-refractivity contribution is 14.1. The summed E-state index contributed by atoms with van der Waals surface area (Å²) in [7, 11) is 0. The van der Waals surface area contributed by atoms with Gasteiger partial charge in [-0.25, -0.2) is 15.0 Å². The zero-order valence-corrected chi connectivity index (χ0v) is 20.4. The Kier molecular flexibility index (Phi) is 6.01. The van der Waals surface area contributed by atoms with Gasteiger partial charge in [-0.15, -0.1) is 0 Å². The van der Waals surface area contributed by atoms with E-state index in [4.69, 9.17) is 24.9 Å². The predicted octanol–water partition coefficient (Wildman–Crippen LogP) is 4.01. The molecule has 168 valence electrons. The number of nitrogens with zero attached hydrogens (tertiary/aromatic N) is 4. The van der Waals surface area contributed by atoms with Gasteiger partial charge >= 0.3 is 5.97 Å². The summed E-state index contributed by atoms with van der Waals surface area (Å²) in [6.07, 6.45) is 5.56. The summed E-state index contributed by atoms with van der Waals surface area (Å²) in [6, 6.07) is 3.87. The SMILES string of the molecule is CC(Cn1c(Sc2cc3c(cc2I)OCO3)nc2c(N)ncnc21)C(=O)OC1CCCC1. The number of hydrogen-bond acceptors (Lipinski definition) is 9. The summed E-state index contributed by atoms with van der Waals surface area (Å²) in [5, 5.41) is 0.671. The molecule has 0 bridgehead atoms. The van der Waals surface area contributed by atoms with Gasteiger partial charge in [-0.05, 0) is 60.4 Å². The van der Waals surface area contributed by atoms with Crippen molar-refractivity contribution in [3.63, 3.8) is 0 Å². The van der Waals surface area contributed by atoms with Crippen LogP contribution in [-0.2, 0) is 16.1 Å². The minimum atomic E-state index is -0.362. The number of aromatic nitrogens is 4. The Labute approximate surface area is 202 Å². The molecule has 1 aliphatic heterocycles. The summed E-state index contributed by atoms with van der Waals surface area (Å²) in [5.74, 6) is 1.17. The van der Waals surface area contributed by atoms with E-state index in [0.29, 0.717) is 34.4 Å². The van der Waals surface area contributed by atoms with E-state index in [0.717, 1.165) is 39.9 Å². The minimum Gasteiger partial charge on any atom is -0.462 e. The number of imidazole rings is 1. The molecule has 1 aromatic carbocycles. The Bertz CT molecular complexity index is 1180. The summed E-state index contributed by atoms with van der Waals surface area (Å²) in [6.45, 7) is 2.46. The molecule has 1 atom stereocenters. The maximum Gasteiger partial charge on any atom is 0.310 e. The van der Waals surface area contributed by atoms with E-state index >= 15 is 0 Å². The minimum absolute atomic E-state index is 0.0338. The fourth-order valence-corrected chi connectivity index (χ4v) is 5.58. The monoisotopic (exact) mass is 567 g/mol. The van der Waals surface area contributed by atoms with Gasteiger partial charge in [-0.1, -0.05) is 18.7 Å². The molecule has 0 spiro atoms. The van der Waals surface area contributed by atoms with Crippen LogP contribution in [0, 0.1) is 9.49 Å². The van der Waals surface area contributed by atoms with Crippen LogP contribution >= 0.6 is 34.4 Å². The Morgan fingerprint density at radius 3 is 2.84 bits per heavy atom. The number of rotatable bonds is 6. The summed E-state index contributed by atoms with van der Waals surface area (Å²) < 4.78 is 19.6. The van der Waals surface area contributed by atoms with Crippen molar-refractivity contribution in [2.75, 3.05) is 12.5 Å². The number of ether oxygens (including phenoxy) is 3. The molecule has 0 amide bonds. The van der Waals surface area contributed by atoms with E-state index in [1.165, 1.54) is 18.1 Å². The number of carbonyl (C=O) groups excluding carboxylic acids is 1. The van der Waals surface area contributed by atoms with E-state index in [1.807, 2.05) is 23.6 Å². The van der Waals surface area contributed by atoms with E-state index in [-0.39, 0.29) is 24.8 Å². The first kappa shape index (κ1) is 21.6. The summed E-state index contributed by atoms with van der Waals surface area (Å²) in [5.41, 5.74) is 7.18. The lowest BCUT2D eigenvalue weighted by Crippen LogP contribution is -2.24. The van der Waals surface area contributed by atoms with Gasteiger partial charge in [0.05, 0.1) is 5.92 Å². The van der Waals surface area contributed by atoms with Crippen molar-refractivity contribution in [3.8, 4) is 11.5 Å². The predicted molar refractivity (Wildman–Crippen MR) is 127 cm³/mol. The number of benzene rings is 1. The van der Waals surface area contributed by atoms with E-state index in [2.05, 4.69) is 32.6 Å². The molecule has 5 rings (SSSR count). The van der Waals surface area contributed by atoms with Crippen LogP contribution in [0.3, 0.4) is 0 Å². The van der Waals surface area contributed by atoms with Gasteiger partial charge in [0.25, 0.3) is 0 Å². The second kappa shape index (κ2) is 8.93. The molecule has 2 aliphatic rings. The quantitative estimate of drug-likeness (QED) is 0.349. The van der Waals surface area contributed by atoms with Gasteiger partial charge in [-0.3, -0.25) is 4.79 Å². The van der Waals surface area contributed by atoms with Crippen LogP contribution in [-0.4, -0.2) is 38.4 Å². The molecule has 0 saturated heterocycles. The van der Waals surface area contributed by atoms with Crippen LogP contribution in [0.25, 0.3) is 11.2 Å². The van der Waals surface area contributed by atoms with Crippen molar-refractivity contribution in [3.05, 3.63) is 22.0 Å². The number of hydrogen-bond donors (Lipinski definition) is 1. The van der Waals surface area contributed by atoms with Gasteiger partial charge in [0, 0.05) is 15.0 Å². The first-order valence-corrected chi connectivity index (χ1v) is 12.3. The number of esters is 1. The molecule has 0 radical (unpaired) electrons. The maximum atomic E-state index is 12.7. The third-order valence-electron chi connectivity index (χ3n) is 5.60. The molecule has 11 heteroatoms. The van der Waals surface area contributed by atoms with Crippen molar-refractivity contribution >= 4 is 57.3 Å². The third kappa shape index (κ3) is 4.19. The molecule has 1 fully saturated rings. The second-order valence-electron chi connectivity index (χ2n) is 7.92. The third-order valence-corrected chi connectivity index (χ3v) is 7.91. The van der Waals surface area contributed by atoms with Crippen LogP contribution in [0.15, 0.2) is 28.5 Å². The van der Waals surface area contributed by atoms with Gasteiger partial charge in [-0.2, -0.15) is 0 Å². The average molecular weight is 567 g/mol. The van der Waals surface area contributed by atoms with Crippen molar-refractivity contribution < 1.29 is 19.0 Å². The number of carbonyl (C=O) groups is 1. The number of anilines is 1. The first-order chi connectivity index (χ1) is 15.5. The molecule has 2 aromatic heterocycles. The van der Waals surface area contributed by atoms with E-state index in [9.17, 15) is 4.79 Å². The molecule has 3 heterocycles. The Balaban J connectivity index is 1.46. The molecule has 1 aliphatic carbocycles. The number of nitrogens with two attached hydrogens (primary N) is 1. The lowest BCUT2D eigenvalue weighted by atomic mass is 10.2. The lowest BCUT2D eigenvalue weighted by Gasteiger charge is -2.17. The average Bonchev–Trinajstić information content (AvgIpc) is 3.50. The maximum absolute atomic E-state index is 12.7.